The predicted octanol–water partition coefficient (Wildman–Crippen LogP) is 8.60. The number of fused-ring (bicyclic) bond motifs is 1. The van der Waals surface area contributed by atoms with E-state index >= 15 is 0 Å². The molecule has 3 aromatic heterocycles. The first kappa shape index (κ1) is 46.4. The number of anilines is 2. The van der Waals surface area contributed by atoms with Gasteiger partial charge < -0.3 is 29.8 Å². The third-order valence-corrected chi connectivity index (χ3v) is 15.9. The second-order valence-electron chi connectivity index (χ2n) is 19.7. The fourth-order valence-electron chi connectivity index (χ4n) is 10.8. The molecule has 67 heavy (non-hydrogen) atoms. The molecule has 4 aliphatic rings. The molecule has 4 N–H and O–H groups in total. The van der Waals surface area contributed by atoms with E-state index in [0.717, 1.165) is 69.6 Å². The largest absolute Gasteiger partial charge is 0.455 e. The van der Waals surface area contributed by atoms with E-state index in [-0.39, 0.29) is 45.6 Å². The van der Waals surface area contributed by atoms with Crippen molar-refractivity contribution in [2.45, 2.75) is 114 Å². The summed E-state index contributed by atoms with van der Waals surface area (Å²) >= 11 is 0. The molecule has 2 saturated heterocycles. The zero-order valence-corrected chi connectivity index (χ0v) is 39.2. The molecular weight excluding hydrogens is 880 g/mol. The molecule has 2 aliphatic carbocycles. The van der Waals surface area contributed by atoms with Crippen LogP contribution >= 0.6 is 0 Å². The van der Waals surface area contributed by atoms with Gasteiger partial charge in [-0.05, 0) is 112 Å². The van der Waals surface area contributed by atoms with Gasteiger partial charge in [-0.15, -0.1) is 0 Å². The van der Waals surface area contributed by atoms with Crippen LogP contribution in [0.3, 0.4) is 0 Å². The van der Waals surface area contributed by atoms with Crippen LogP contribution in [0.1, 0.15) is 113 Å². The van der Waals surface area contributed by atoms with Gasteiger partial charge in [0.15, 0.2) is 0 Å². The van der Waals surface area contributed by atoms with Crippen molar-refractivity contribution in [3.63, 3.8) is 0 Å². The number of nitro groups is 1. The zero-order chi connectivity index (χ0) is 47.3. The number of pyridine rings is 2. The minimum Gasteiger partial charge on any atom is -0.455 e. The van der Waals surface area contributed by atoms with Crippen LogP contribution in [-0.2, 0) is 14.8 Å². The van der Waals surface area contributed by atoms with Crippen molar-refractivity contribution in [2.75, 3.05) is 43.1 Å². The fraction of sp³-hybridized carbons (Fsp3) is 0.490. The highest BCUT2D eigenvalue weighted by molar-refractivity contribution is 7.90. The van der Waals surface area contributed by atoms with Crippen LogP contribution in [0.5, 0.6) is 11.5 Å². The summed E-state index contributed by atoms with van der Waals surface area (Å²) in [6.45, 7) is 11.8. The number of carbonyl (C=O) groups is 1. The van der Waals surface area contributed by atoms with Crippen LogP contribution in [0.4, 0.5) is 21.6 Å². The summed E-state index contributed by atoms with van der Waals surface area (Å²) < 4.78 is 56.5. The molecular formula is C49H59FN8O8S. The molecule has 1 amide bonds. The number of morpholine rings is 1. The van der Waals surface area contributed by atoms with Crippen molar-refractivity contribution in [3.05, 3.63) is 106 Å². The van der Waals surface area contributed by atoms with Gasteiger partial charge in [-0.3, -0.25) is 19.8 Å². The van der Waals surface area contributed by atoms with Gasteiger partial charge in [-0.25, -0.2) is 27.5 Å². The average Bonchev–Trinajstić information content (AvgIpc) is 3.66. The Morgan fingerprint density at radius 3 is 2.54 bits per heavy atom. The number of halogens is 1. The highest BCUT2D eigenvalue weighted by Gasteiger charge is 2.51. The zero-order valence-electron chi connectivity index (χ0n) is 38.3. The molecule has 5 aromatic rings. The van der Waals surface area contributed by atoms with Crippen LogP contribution in [0.15, 0.2) is 78.1 Å². The molecule has 5 heterocycles. The average molecular weight is 939 g/mol. The number of aromatic nitrogens is 3. The molecule has 2 aliphatic heterocycles. The number of ether oxygens (including phenoxy) is 2. The van der Waals surface area contributed by atoms with Gasteiger partial charge in [0.1, 0.15) is 27.9 Å². The highest BCUT2D eigenvalue weighted by atomic mass is 32.2. The molecule has 9 rings (SSSR count). The maximum absolute atomic E-state index is 14.6. The number of piperidine rings is 1. The number of hydrogen-bond acceptors (Lipinski definition) is 13. The fourth-order valence-corrected chi connectivity index (χ4v) is 11.7. The molecule has 0 radical (unpaired) electrons. The number of aromatic amines is 1. The van der Waals surface area contributed by atoms with Crippen molar-refractivity contribution in [3.8, 4) is 11.5 Å². The van der Waals surface area contributed by atoms with Gasteiger partial charge >= 0.3 is 5.69 Å². The van der Waals surface area contributed by atoms with E-state index in [1.54, 1.807) is 19.1 Å². The Balaban J connectivity index is 0.912. The normalized spacial score (nSPS) is 23.6. The van der Waals surface area contributed by atoms with Crippen molar-refractivity contribution in [1.29, 1.82) is 0 Å². The standard InChI is InChI=1S/C49H59FN8O8S/c1-30(2)37-7-5-6-8-38(37)43-29-65-28-31(3)57(43)34-22-49(23-34)15-17-56(18-16-49)33-9-10-39(44(19-33)66-35-20-40-41(50)27-54-45(40)52-25-35)47(59)55-67(63,64)36-21-42(58(61)62)46(53-26-36)51-24-32-11-13-48(4,60)14-12-32/h5-10,19-21,25-27,30-32,34,43,60H,11-18,22-24,28-29H2,1-4H3,(H,51,53)(H,52,54)(H,55,59)/t31-,32?,43-,48?/m0/s1. The third kappa shape index (κ3) is 9.71. The Morgan fingerprint density at radius 2 is 1.81 bits per heavy atom. The van der Waals surface area contributed by atoms with Gasteiger partial charge in [0, 0.05) is 55.7 Å². The molecule has 1 spiro atoms. The van der Waals surface area contributed by atoms with Gasteiger partial charge in [0.2, 0.25) is 5.82 Å². The Bertz CT molecular complexity index is 2760. The predicted molar refractivity (Wildman–Crippen MR) is 251 cm³/mol. The maximum Gasteiger partial charge on any atom is 0.312 e. The SMILES string of the molecule is CC(C)c1ccccc1[C@@H]1COC[C@H](C)N1C1CC2(CCN(c3ccc(C(=O)NS(=O)(=O)c4cnc(NCC5CCC(C)(O)CC5)c([N+](=O)[O-])c4)c(Oc4cnc5[nH]cc(F)c5c4)c3)CC2)C1. The van der Waals surface area contributed by atoms with Crippen LogP contribution in [0, 0.1) is 27.3 Å². The minimum atomic E-state index is -4.69. The summed E-state index contributed by atoms with van der Waals surface area (Å²) in [4.78, 5) is 40.8. The van der Waals surface area contributed by atoms with E-state index in [4.69, 9.17) is 9.47 Å². The maximum atomic E-state index is 14.6. The summed E-state index contributed by atoms with van der Waals surface area (Å²) in [6.07, 6.45) is 10.3. The van der Waals surface area contributed by atoms with E-state index in [2.05, 4.69) is 75.1 Å². The number of nitrogens with zero attached hydrogens (tertiary/aromatic N) is 5. The van der Waals surface area contributed by atoms with E-state index < -0.39 is 42.9 Å². The number of hydrogen-bond donors (Lipinski definition) is 4. The summed E-state index contributed by atoms with van der Waals surface area (Å²) in [6, 6.07) is 16.9. The first-order valence-electron chi connectivity index (χ1n) is 23.3. The Labute approximate surface area is 389 Å². The first-order chi connectivity index (χ1) is 32.0. The van der Waals surface area contributed by atoms with E-state index in [9.17, 15) is 32.8 Å². The lowest BCUT2D eigenvalue weighted by Crippen LogP contribution is -2.60. The lowest BCUT2D eigenvalue weighted by molar-refractivity contribution is -0.384. The Kier molecular flexibility index (Phi) is 12.8. The van der Waals surface area contributed by atoms with Crippen molar-refractivity contribution < 1.29 is 37.1 Å². The summed E-state index contributed by atoms with van der Waals surface area (Å²) in [5, 5.41) is 25.6. The van der Waals surface area contributed by atoms with Crippen molar-refractivity contribution in [2.24, 2.45) is 11.3 Å². The highest BCUT2D eigenvalue weighted by Crippen LogP contribution is 2.54. The summed E-state index contributed by atoms with van der Waals surface area (Å²) in [5.74, 6) is -1.02. The molecule has 2 saturated carbocycles. The van der Waals surface area contributed by atoms with Crippen LogP contribution < -0.4 is 19.7 Å². The molecule has 18 heteroatoms. The van der Waals surface area contributed by atoms with E-state index in [1.807, 2.05) is 4.72 Å². The number of H-pyrrole nitrogens is 1. The van der Waals surface area contributed by atoms with Crippen LogP contribution in [0.25, 0.3) is 11.0 Å². The van der Waals surface area contributed by atoms with E-state index in [1.165, 1.54) is 35.7 Å². The Morgan fingerprint density at radius 1 is 1.06 bits per heavy atom. The first-order valence-corrected chi connectivity index (χ1v) is 24.8. The molecule has 0 bridgehead atoms. The van der Waals surface area contributed by atoms with Crippen LogP contribution in [0.2, 0.25) is 0 Å². The molecule has 356 valence electrons. The second-order valence-corrected chi connectivity index (χ2v) is 21.4. The third-order valence-electron chi connectivity index (χ3n) is 14.6. The topological polar surface area (TPSA) is 205 Å². The number of nitrogens with one attached hydrogen (secondary N) is 3. The summed E-state index contributed by atoms with van der Waals surface area (Å²) in [5.41, 5.74) is 2.53. The number of rotatable bonds is 13. The minimum absolute atomic E-state index is 0.00759. The molecule has 2 atom stereocenters. The summed E-state index contributed by atoms with van der Waals surface area (Å²) in [7, 11) is -4.69. The second kappa shape index (κ2) is 18.4. The van der Waals surface area contributed by atoms with Gasteiger partial charge in [0.05, 0.1) is 53.1 Å². The Hall–Kier alpha value is -5.69. The lowest BCUT2D eigenvalue weighted by Gasteiger charge is -2.59. The quantitative estimate of drug-likeness (QED) is 0.0646. The van der Waals surface area contributed by atoms with Crippen molar-refractivity contribution >= 4 is 44.2 Å². The number of sulfonamides is 1. The number of aliphatic hydroxyl groups is 1. The smallest absolute Gasteiger partial charge is 0.312 e. The van der Waals surface area contributed by atoms with Gasteiger partial charge in [-0.1, -0.05) is 38.1 Å². The molecule has 16 nitrogen and oxygen atoms in total. The number of benzene rings is 2. The van der Waals surface area contributed by atoms with E-state index in [0.29, 0.717) is 56.2 Å². The lowest BCUT2D eigenvalue weighted by atomic mass is 9.59. The van der Waals surface area contributed by atoms with Crippen molar-refractivity contribution in [1.82, 2.24) is 24.6 Å². The molecule has 0 unspecified atom stereocenters. The van der Waals surface area contributed by atoms with Gasteiger partial charge in [0.25, 0.3) is 15.9 Å². The number of carbonyl (C=O) groups excluding carboxylic acids is 1. The van der Waals surface area contributed by atoms with Gasteiger partial charge in [-0.2, -0.15) is 0 Å². The number of amides is 1. The monoisotopic (exact) mass is 938 g/mol. The molecule has 2 aromatic carbocycles. The molecule has 4 fully saturated rings. The van der Waals surface area contributed by atoms with Crippen LogP contribution in [-0.4, -0.2) is 94.7 Å².